The molecule has 0 saturated carbocycles. The third-order valence-corrected chi connectivity index (χ3v) is 4.09. The molecule has 0 saturated heterocycles. The molecule has 2 amide bonds. The number of hydrogen-bond acceptors (Lipinski definition) is 3. The highest BCUT2D eigenvalue weighted by molar-refractivity contribution is 7.89. The number of sulfonamides is 1. The number of halogens is 1. The molecule has 0 spiro atoms. The van der Waals surface area contributed by atoms with E-state index >= 15 is 0 Å². The van der Waals surface area contributed by atoms with Crippen LogP contribution in [-0.2, 0) is 10.0 Å². The molecule has 122 valence electrons. The number of carbonyl (C=O) groups is 1. The molecule has 0 aliphatic carbocycles. The lowest BCUT2D eigenvalue weighted by molar-refractivity contribution is 0.249. The Kier molecular flexibility index (Phi) is 4.97. The fourth-order valence-electron chi connectivity index (χ4n) is 1.93. The molecule has 0 aromatic heterocycles. The van der Waals surface area contributed by atoms with Crippen LogP contribution in [-0.4, -0.2) is 14.4 Å². The summed E-state index contributed by atoms with van der Waals surface area (Å²) >= 11 is 0. The lowest BCUT2D eigenvalue weighted by Crippen LogP contribution is -2.31. The first-order chi connectivity index (χ1) is 10.8. The van der Waals surface area contributed by atoms with Gasteiger partial charge in [0.25, 0.3) is 0 Å². The highest BCUT2D eigenvalue weighted by atomic mass is 32.2. The number of benzene rings is 2. The van der Waals surface area contributed by atoms with E-state index < -0.39 is 16.1 Å². The maximum Gasteiger partial charge on any atom is 0.319 e. The molecule has 1 atom stereocenters. The van der Waals surface area contributed by atoms with E-state index in [0.717, 1.165) is 0 Å². The van der Waals surface area contributed by atoms with Crippen LogP contribution in [0.15, 0.2) is 53.4 Å². The van der Waals surface area contributed by atoms with Gasteiger partial charge in [0.1, 0.15) is 5.82 Å². The summed E-state index contributed by atoms with van der Waals surface area (Å²) in [5.41, 5.74) is 1.17. The number of primary sulfonamides is 1. The molecule has 0 bridgehead atoms. The van der Waals surface area contributed by atoms with Crippen molar-refractivity contribution in [3.8, 4) is 0 Å². The fraction of sp³-hybridized carbons (Fsp3) is 0.133. The highest BCUT2D eigenvalue weighted by Crippen LogP contribution is 2.16. The quantitative estimate of drug-likeness (QED) is 0.798. The molecule has 2 aromatic carbocycles. The van der Waals surface area contributed by atoms with E-state index in [4.69, 9.17) is 5.14 Å². The molecule has 0 aliphatic rings. The predicted octanol–water partition coefficient (Wildman–Crippen LogP) is 2.36. The largest absolute Gasteiger partial charge is 0.331 e. The van der Waals surface area contributed by atoms with Crippen LogP contribution in [0.1, 0.15) is 18.5 Å². The van der Waals surface area contributed by atoms with Crippen molar-refractivity contribution in [1.82, 2.24) is 5.32 Å². The van der Waals surface area contributed by atoms with Crippen molar-refractivity contribution in [3.05, 3.63) is 59.9 Å². The standard InChI is InChI=1S/C15H16FN3O3S/c1-10(11-2-8-14(9-3-11)23(17,21)22)18-15(20)19-13-6-4-12(16)5-7-13/h2-10H,1H3,(H2,17,21,22)(H2,18,19,20). The SMILES string of the molecule is CC(NC(=O)Nc1ccc(F)cc1)c1ccc(S(N)(=O)=O)cc1. The van der Waals surface area contributed by atoms with Crippen molar-refractivity contribution in [1.29, 1.82) is 0 Å². The Hall–Kier alpha value is -2.45. The minimum Gasteiger partial charge on any atom is -0.331 e. The lowest BCUT2D eigenvalue weighted by atomic mass is 10.1. The van der Waals surface area contributed by atoms with E-state index in [2.05, 4.69) is 10.6 Å². The van der Waals surface area contributed by atoms with Crippen LogP contribution < -0.4 is 15.8 Å². The van der Waals surface area contributed by atoms with Crippen LogP contribution in [0.25, 0.3) is 0 Å². The molecular weight excluding hydrogens is 321 g/mol. The molecule has 1 unspecified atom stereocenters. The summed E-state index contributed by atoms with van der Waals surface area (Å²) in [6.45, 7) is 1.75. The molecule has 8 heteroatoms. The molecule has 0 fully saturated rings. The Labute approximate surface area is 133 Å². The second-order valence-corrected chi connectivity index (χ2v) is 6.50. The number of hydrogen-bond donors (Lipinski definition) is 3. The van der Waals surface area contributed by atoms with E-state index in [1.54, 1.807) is 19.1 Å². The predicted molar refractivity (Wildman–Crippen MR) is 84.8 cm³/mol. The molecule has 23 heavy (non-hydrogen) atoms. The van der Waals surface area contributed by atoms with Crippen molar-refractivity contribution < 1.29 is 17.6 Å². The second kappa shape index (κ2) is 6.76. The zero-order valence-corrected chi connectivity index (χ0v) is 13.1. The number of rotatable bonds is 4. The van der Waals surface area contributed by atoms with E-state index in [0.29, 0.717) is 11.3 Å². The highest BCUT2D eigenvalue weighted by Gasteiger charge is 2.12. The summed E-state index contributed by atoms with van der Waals surface area (Å²) in [4.78, 5) is 11.9. The summed E-state index contributed by atoms with van der Waals surface area (Å²) in [6, 6.07) is 10.5. The summed E-state index contributed by atoms with van der Waals surface area (Å²) in [7, 11) is -3.74. The second-order valence-electron chi connectivity index (χ2n) is 4.94. The molecule has 2 rings (SSSR count). The van der Waals surface area contributed by atoms with Gasteiger partial charge < -0.3 is 10.6 Å². The van der Waals surface area contributed by atoms with E-state index in [1.165, 1.54) is 36.4 Å². The minimum atomic E-state index is -3.74. The van der Waals surface area contributed by atoms with E-state index in [-0.39, 0.29) is 16.8 Å². The van der Waals surface area contributed by atoms with Gasteiger partial charge in [-0.2, -0.15) is 0 Å². The smallest absolute Gasteiger partial charge is 0.319 e. The summed E-state index contributed by atoms with van der Waals surface area (Å²) < 4.78 is 35.2. The Bertz CT molecular complexity index is 790. The van der Waals surface area contributed by atoms with Crippen LogP contribution in [0, 0.1) is 5.82 Å². The zero-order chi connectivity index (χ0) is 17.0. The molecular formula is C15H16FN3O3S. The summed E-state index contributed by atoms with van der Waals surface area (Å²) in [6.07, 6.45) is 0. The number of anilines is 1. The van der Waals surface area contributed by atoms with Crippen molar-refractivity contribution in [2.45, 2.75) is 17.9 Å². The number of urea groups is 1. The minimum absolute atomic E-state index is 0.00390. The van der Waals surface area contributed by atoms with Crippen LogP contribution in [0.5, 0.6) is 0 Å². The monoisotopic (exact) mass is 337 g/mol. The first-order valence-corrected chi connectivity index (χ1v) is 8.26. The van der Waals surface area contributed by atoms with Gasteiger partial charge in [0.05, 0.1) is 10.9 Å². The van der Waals surface area contributed by atoms with Gasteiger partial charge in [-0.15, -0.1) is 0 Å². The van der Waals surface area contributed by atoms with Gasteiger partial charge in [-0.05, 0) is 48.9 Å². The Morgan fingerprint density at radius 2 is 1.65 bits per heavy atom. The Morgan fingerprint density at radius 1 is 1.09 bits per heavy atom. The number of carbonyl (C=O) groups excluding carboxylic acids is 1. The van der Waals surface area contributed by atoms with Gasteiger partial charge in [-0.25, -0.2) is 22.7 Å². The molecule has 0 aliphatic heterocycles. The maximum absolute atomic E-state index is 12.8. The third kappa shape index (κ3) is 4.76. The topological polar surface area (TPSA) is 101 Å². The average Bonchev–Trinajstić information content (AvgIpc) is 2.49. The van der Waals surface area contributed by atoms with E-state index in [1.807, 2.05) is 0 Å². The van der Waals surface area contributed by atoms with Crippen LogP contribution in [0.2, 0.25) is 0 Å². The first-order valence-electron chi connectivity index (χ1n) is 6.71. The number of nitrogens with one attached hydrogen (secondary N) is 2. The van der Waals surface area contributed by atoms with Gasteiger partial charge in [-0.1, -0.05) is 12.1 Å². The van der Waals surface area contributed by atoms with E-state index in [9.17, 15) is 17.6 Å². The Morgan fingerprint density at radius 3 is 2.17 bits per heavy atom. The van der Waals surface area contributed by atoms with Crippen molar-refractivity contribution >= 4 is 21.7 Å². The van der Waals surface area contributed by atoms with Crippen LogP contribution >= 0.6 is 0 Å². The van der Waals surface area contributed by atoms with Gasteiger partial charge in [0.15, 0.2) is 0 Å². The lowest BCUT2D eigenvalue weighted by Gasteiger charge is -2.15. The van der Waals surface area contributed by atoms with Crippen molar-refractivity contribution in [2.24, 2.45) is 5.14 Å². The third-order valence-electron chi connectivity index (χ3n) is 3.16. The molecule has 2 aromatic rings. The first kappa shape index (κ1) is 16.9. The molecule has 0 heterocycles. The summed E-state index contributed by atoms with van der Waals surface area (Å²) in [5, 5.41) is 10.3. The molecule has 0 radical (unpaired) electrons. The van der Waals surface area contributed by atoms with Gasteiger partial charge in [0, 0.05) is 5.69 Å². The zero-order valence-electron chi connectivity index (χ0n) is 12.3. The molecule has 4 N–H and O–H groups in total. The molecule has 6 nitrogen and oxygen atoms in total. The number of amides is 2. The normalized spacial score (nSPS) is 12.5. The Balaban J connectivity index is 1.99. The number of nitrogens with two attached hydrogens (primary N) is 1. The van der Waals surface area contributed by atoms with Crippen LogP contribution in [0.3, 0.4) is 0 Å². The summed E-state index contributed by atoms with van der Waals surface area (Å²) in [5.74, 6) is -0.390. The van der Waals surface area contributed by atoms with Crippen LogP contribution in [0.4, 0.5) is 14.9 Å². The maximum atomic E-state index is 12.8. The van der Waals surface area contributed by atoms with Crippen molar-refractivity contribution in [3.63, 3.8) is 0 Å². The van der Waals surface area contributed by atoms with Gasteiger partial charge >= 0.3 is 6.03 Å². The fourth-order valence-corrected chi connectivity index (χ4v) is 2.44. The van der Waals surface area contributed by atoms with Gasteiger partial charge in [-0.3, -0.25) is 0 Å². The van der Waals surface area contributed by atoms with Crippen molar-refractivity contribution in [2.75, 3.05) is 5.32 Å². The average molecular weight is 337 g/mol. The van der Waals surface area contributed by atoms with Gasteiger partial charge in [0.2, 0.25) is 10.0 Å².